The molecule has 0 bridgehead atoms. The number of ether oxygens (including phenoxy) is 1. The van der Waals surface area contributed by atoms with Gasteiger partial charge in [-0.25, -0.2) is 19.4 Å². The summed E-state index contributed by atoms with van der Waals surface area (Å²) in [4.78, 5) is 19.6. The summed E-state index contributed by atoms with van der Waals surface area (Å²) >= 11 is 0. The van der Waals surface area contributed by atoms with E-state index in [-0.39, 0.29) is 5.97 Å². The first kappa shape index (κ1) is 12.2. The van der Waals surface area contributed by atoms with Gasteiger partial charge in [-0.3, -0.25) is 0 Å². The van der Waals surface area contributed by atoms with Crippen LogP contribution >= 0.6 is 0 Å². The number of hydrogen-bond acceptors (Lipinski definition) is 5. The van der Waals surface area contributed by atoms with Crippen LogP contribution in [0.2, 0.25) is 0 Å². The van der Waals surface area contributed by atoms with Crippen molar-refractivity contribution in [2.75, 3.05) is 6.61 Å². The molecule has 0 radical (unpaired) electrons. The van der Waals surface area contributed by atoms with E-state index < -0.39 is 0 Å². The Kier molecular flexibility index (Phi) is 3.66. The molecule has 18 heavy (non-hydrogen) atoms. The fourth-order valence-electron chi connectivity index (χ4n) is 1.72. The molecule has 0 atom stereocenters. The van der Waals surface area contributed by atoms with Gasteiger partial charge >= 0.3 is 5.97 Å². The summed E-state index contributed by atoms with van der Waals surface area (Å²) in [6.07, 6.45) is 6.93. The van der Waals surface area contributed by atoms with Crippen LogP contribution < -0.4 is 0 Å². The van der Waals surface area contributed by atoms with E-state index in [1.54, 1.807) is 24.0 Å². The average molecular weight is 246 g/mol. The van der Waals surface area contributed by atoms with Gasteiger partial charge in [0.05, 0.1) is 30.9 Å². The molecule has 6 nitrogen and oxygen atoms in total. The Morgan fingerprint density at radius 2 is 2.00 bits per heavy atom. The van der Waals surface area contributed by atoms with E-state index in [1.807, 2.05) is 6.92 Å². The molecule has 6 heteroatoms. The van der Waals surface area contributed by atoms with Crippen molar-refractivity contribution in [1.82, 2.24) is 19.7 Å². The first-order chi connectivity index (χ1) is 8.77. The Bertz CT molecular complexity index is 536. The number of hydrogen-bond donors (Lipinski definition) is 0. The second-order valence-corrected chi connectivity index (χ2v) is 3.59. The number of carbonyl (C=O) groups is 1. The minimum atomic E-state index is -0.350. The molecule has 0 aromatic carbocycles. The lowest BCUT2D eigenvalue weighted by atomic mass is 10.2. The van der Waals surface area contributed by atoms with Crippen LogP contribution in [0.15, 0.2) is 24.9 Å². The molecular weight excluding hydrogens is 232 g/mol. The van der Waals surface area contributed by atoms with E-state index in [1.165, 1.54) is 12.5 Å². The van der Waals surface area contributed by atoms with Gasteiger partial charge < -0.3 is 4.74 Å². The van der Waals surface area contributed by atoms with Gasteiger partial charge in [-0.1, -0.05) is 6.92 Å². The molecule has 2 aromatic rings. The summed E-state index contributed by atoms with van der Waals surface area (Å²) in [6.45, 7) is 4.08. The minimum absolute atomic E-state index is 0.349. The second-order valence-electron chi connectivity index (χ2n) is 3.59. The standard InChI is InChI=1S/C12H14N4O2/c1-3-11-10(12(17)18-4-2)7-15-16(11)9-5-13-8-14-6-9/h5-8H,3-4H2,1-2H3. The molecule has 0 fully saturated rings. The second kappa shape index (κ2) is 5.39. The fourth-order valence-corrected chi connectivity index (χ4v) is 1.72. The lowest BCUT2D eigenvalue weighted by Crippen LogP contribution is -2.09. The molecule has 0 aliphatic rings. The first-order valence-corrected chi connectivity index (χ1v) is 5.77. The van der Waals surface area contributed by atoms with Crippen LogP contribution in [0.1, 0.15) is 29.9 Å². The quantitative estimate of drug-likeness (QED) is 0.763. The van der Waals surface area contributed by atoms with E-state index in [9.17, 15) is 4.79 Å². The lowest BCUT2D eigenvalue weighted by molar-refractivity contribution is 0.0525. The molecule has 2 aromatic heterocycles. The summed E-state index contributed by atoms with van der Waals surface area (Å²) in [5.74, 6) is -0.350. The van der Waals surface area contributed by atoms with Gasteiger partial charge in [0, 0.05) is 0 Å². The highest BCUT2D eigenvalue weighted by molar-refractivity contribution is 5.90. The zero-order chi connectivity index (χ0) is 13.0. The maximum absolute atomic E-state index is 11.8. The third-order valence-electron chi connectivity index (χ3n) is 2.49. The van der Waals surface area contributed by atoms with Gasteiger partial charge in [0.2, 0.25) is 0 Å². The van der Waals surface area contributed by atoms with E-state index in [0.29, 0.717) is 18.6 Å². The SMILES string of the molecule is CCOC(=O)c1cnn(-c2cncnc2)c1CC. The van der Waals surface area contributed by atoms with Crippen LogP contribution in [-0.2, 0) is 11.2 Å². The summed E-state index contributed by atoms with van der Waals surface area (Å²) in [5.41, 5.74) is 2.01. The number of rotatable bonds is 4. The van der Waals surface area contributed by atoms with Crippen molar-refractivity contribution in [2.45, 2.75) is 20.3 Å². The highest BCUT2D eigenvalue weighted by Gasteiger charge is 2.18. The summed E-state index contributed by atoms with van der Waals surface area (Å²) < 4.78 is 6.66. The van der Waals surface area contributed by atoms with Crippen LogP contribution in [0, 0.1) is 0 Å². The minimum Gasteiger partial charge on any atom is -0.462 e. The molecule has 2 rings (SSSR count). The van der Waals surface area contributed by atoms with E-state index in [2.05, 4.69) is 15.1 Å². The van der Waals surface area contributed by atoms with E-state index >= 15 is 0 Å². The van der Waals surface area contributed by atoms with Crippen molar-refractivity contribution < 1.29 is 9.53 Å². The van der Waals surface area contributed by atoms with Gasteiger partial charge in [0.1, 0.15) is 17.6 Å². The van der Waals surface area contributed by atoms with Crippen molar-refractivity contribution in [3.63, 3.8) is 0 Å². The molecule has 2 heterocycles. The van der Waals surface area contributed by atoms with Gasteiger partial charge in [-0.05, 0) is 13.3 Å². The molecule has 0 unspecified atom stereocenters. The summed E-state index contributed by atoms with van der Waals surface area (Å²) in [7, 11) is 0. The Labute approximate surface area is 105 Å². The summed E-state index contributed by atoms with van der Waals surface area (Å²) in [5, 5.41) is 4.20. The van der Waals surface area contributed by atoms with Crippen molar-refractivity contribution in [3.8, 4) is 5.69 Å². The van der Waals surface area contributed by atoms with E-state index in [0.717, 1.165) is 11.4 Å². The molecule has 94 valence electrons. The first-order valence-electron chi connectivity index (χ1n) is 5.77. The monoisotopic (exact) mass is 246 g/mol. The molecule has 0 aliphatic carbocycles. The Balaban J connectivity index is 2.42. The third-order valence-corrected chi connectivity index (χ3v) is 2.49. The van der Waals surface area contributed by atoms with Crippen molar-refractivity contribution >= 4 is 5.97 Å². The zero-order valence-corrected chi connectivity index (χ0v) is 10.3. The van der Waals surface area contributed by atoms with Crippen LogP contribution in [0.25, 0.3) is 5.69 Å². The molecule has 0 aliphatic heterocycles. The Hall–Kier alpha value is -2.24. The fraction of sp³-hybridized carbons (Fsp3) is 0.333. The predicted octanol–water partition coefficient (Wildman–Crippen LogP) is 1.40. The Morgan fingerprint density at radius 1 is 1.28 bits per heavy atom. The number of nitrogens with zero attached hydrogens (tertiary/aromatic N) is 4. The predicted molar refractivity (Wildman–Crippen MR) is 64.5 cm³/mol. The number of esters is 1. The Morgan fingerprint density at radius 3 is 2.61 bits per heavy atom. The van der Waals surface area contributed by atoms with E-state index in [4.69, 9.17) is 4.74 Å². The van der Waals surface area contributed by atoms with Crippen LogP contribution in [-0.4, -0.2) is 32.3 Å². The number of carbonyl (C=O) groups excluding carboxylic acids is 1. The van der Waals surface area contributed by atoms with Gasteiger partial charge in [-0.2, -0.15) is 5.10 Å². The van der Waals surface area contributed by atoms with Crippen LogP contribution in [0.4, 0.5) is 0 Å². The van der Waals surface area contributed by atoms with Crippen molar-refractivity contribution in [1.29, 1.82) is 0 Å². The van der Waals surface area contributed by atoms with Gasteiger partial charge in [0.25, 0.3) is 0 Å². The summed E-state index contributed by atoms with van der Waals surface area (Å²) in [6, 6.07) is 0. The molecule has 0 spiro atoms. The molecule has 0 N–H and O–H groups in total. The third kappa shape index (κ3) is 2.22. The lowest BCUT2D eigenvalue weighted by Gasteiger charge is -2.06. The molecule has 0 amide bonds. The largest absolute Gasteiger partial charge is 0.462 e. The van der Waals surface area contributed by atoms with Gasteiger partial charge in [0.15, 0.2) is 0 Å². The van der Waals surface area contributed by atoms with Gasteiger partial charge in [-0.15, -0.1) is 0 Å². The molecule has 0 saturated carbocycles. The van der Waals surface area contributed by atoms with Crippen molar-refractivity contribution in [3.05, 3.63) is 36.2 Å². The molecule has 0 saturated heterocycles. The average Bonchev–Trinajstić information content (AvgIpc) is 2.83. The maximum Gasteiger partial charge on any atom is 0.341 e. The maximum atomic E-state index is 11.8. The molecular formula is C12H14N4O2. The normalized spacial score (nSPS) is 10.3. The van der Waals surface area contributed by atoms with Crippen LogP contribution in [0.5, 0.6) is 0 Å². The van der Waals surface area contributed by atoms with Crippen molar-refractivity contribution in [2.24, 2.45) is 0 Å². The smallest absolute Gasteiger partial charge is 0.341 e. The van der Waals surface area contributed by atoms with Crippen LogP contribution in [0.3, 0.4) is 0 Å². The highest BCUT2D eigenvalue weighted by Crippen LogP contribution is 2.15. The number of aromatic nitrogens is 4. The topological polar surface area (TPSA) is 69.9 Å². The highest BCUT2D eigenvalue weighted by atomic mass is 16.5. The zero-order valence-electron chi connectivity index (χ0n) is 10.3.